The monoisotopic (exact) mass is 396 g/mol. The topological polar surface area (TPSA) is 118 Å². The zero-order chi connectivity index (χ0) is 20.4. The molecule has 9 nitrogen and oxygen atoms in total. The van der Waals surface area contributed by atoms with Gasteiger partial charge in [0.05, 0.1) is 58.6 Å². The minimum atomic E-state index is -1.24. The number of hydrogen-bond donors (Lipinski definition) is 3. The number of carboxylic acid groups (broad SMARTS) is 1. The number of nitrogens with one attached hydrogen (secondary N) is 2. The highest BCUT2D eigenvalue weighted by Gasteiger charge is 2.20. The number of aliphatic carboxylic acids is 1. The number of carbonyl (C=O) groups excluding carboxylic acids is 2. The Morgan fingerprint density at radius 3 is 2.68 bits per heavy atom. The van der Waals surface area contributed by atoms with Gasteiger partial charge in [0.2, 0.25) is 5.91 Å². The van der Waals surface area contributed by atoms with Crippen LogP contribution in [0.1, 0.15) is 12.8 Å². The minimum absolute atomic E-state index is 0.187. The third kappa shape index (κ3) is 6.99. The van der Waals surface area contributed by atoms with Gasteiger partial charge in [0, 0.05) is 12.5 Å². The molecule has 1 aliphatic heterocycles. The Balaban J connectivity index is 1.82. The van der Waals surface area contributed by atoms with Crippen LogP contribution in [0.3, 0.4) is 0 Å². The van der Waals surface area contributed by atoms with E-state index in [-0.39, 0.29) is 6.42 Å². The number of morpholine rings is 1. The first-order valence-corrected chi connectivity index (χ1v) is 9.51. The number of methoxy groups -OCH3 is 2. The second-order valence-electron chi connectivity index (χ2n) is 6.73. The summed E-state index contributed by atoms with van der Waals surface area (Å²) in [4.78, 5) is 25.2. The Bertz CT molecular complexity index is 649. The molecule has 1 atom stereocenters. The van der Waals surface area contributed by atoms with Crippen LogP contribution in [0.25, 0.3) is 0 Å². The maximum atomic E-state index is 12.3. The summed E-state index contributed by atoms with van der Waals surface area (Å²) in [7, 11) is 3.01. The number of ether oxygens (including phenoxy) is 3. The number of benzene rings is 1. The molecule has 0 saturated carbocycles. The van der Waals surface area contributed by atoms with Crippen molar-refractivity contribution in [1.82, 2.24) is 0 Å². The molecule has 1 saturated heterocycles. The molecule has 0 spiro atoms. The number of anilines is 1. The largest absolute Gasteiger partial charge is 0.544 e. The molecule has 1 amide bonds. The van der Waals surface area contributed by atoms with E-state index in [1.165, 1.54) is 19.1 Å². The van der Waals surface area contributed by atoms with Crippen molar-refractivity contribution in [2.45, 2.75) is 18.9 Å². The SMILES string of the molecule is COc1ccc(OC)c(NC(=O)C[C@H]([NH2+]CCC[NH+]2CCOCC2)C(=O)[O-])c1. The van der Waals surface area contributed by atoms with Gasteiger partial charge < -0.3 is 39.6 Å². The summed E-state index contributed by atoms with van der Waals surface area (Å²) in [6.45, 7) is 5.10. The van der Waals surface area contributed by atoms with E-state index in [0.29, 0.717) is 23.7 Å². The maximum Gasteiger partial charge on any atom is 0.230 e. The van der Waals surface area contributed by atoms with Crippen molar-refractivity contribution >= 4 is 17.6 Å². The first-order chi connectivity index (χ1) is 13.5. The summed E-state index contributed by atoms with van der Waals surface area (Å²) in [5.41, 5.74) is 0.430. The van der Waals surface area contributed by atoms with Gasteiger partial charge in [-0.05, 0) is 12.1 Å². The summed E-state index contributed by atoms with van der Waals surface area (Å²) < 4.78 is 15.7. The average molecular weight is 396 g/mol. The lowest BCUT2D eigenvalue weighted by Gasteiger charge is -2.23. The second kappa shape index (κ2) is 11.5. The molecule has 0 radical (unpaired) electrons. The summed E-state index contributed by atoms with van der Waals surface area (Å²) in [5.74, 6) is -0.636. The van der Waals surface area contributed by atoms with Crippen molar-refractivity contribution in [1.29, 1.82) is 0 Å². The van der Waals surface area contributed by atoms with Crippen LogP contribution in [0.4, 0.5) is 5.69 Å². The van der Waals surface area contributed by atoms with Crippen LogP contribution >= 0.6 is 0 Å². The van der Waals surface area contributed by atoms with Crippen LogP contribution in [-0.4, -0.2) is 71.5 Å². The lowest BCUT2D eigenvalue weighted by molar-refractivity contribution is -0.909. The molecule has 1 aromatic carbocycles. The molecule has 0 aromatic heterocycles. The van der Waals surface area contributed by atoms with Crippen molar-refractivity contribution in [3.63, 3.8) is 0 Å². The van der Waals surface area contributed by atoms with E-state index >= 15 is 0 Å². The van der Waals surface area contributed by atoms with E-state index in [9.17, 15) is 14.7 Å². The van der Waals surface area contributed by atoms with Crippen LogP contribution in [0.5, 0.6) is 11.5 Å². The molecule has 1 aromatic rings. The predicted molar refractivity (Wildman–Crippen MR) is 99.4 cm³/mol. The molecule has 2 rings (SSSR count). The fourth-order valence-electron chi connectivity index (χ4n) is 3.16. The van der Waals surface area contributed by atoms with Gasteiger partial charge >= 0.3 is 0 Å². The van der Waals surface area contributed by atoms with E-state index < -0.39 is 17.9 Å². The molecule has 156 valence electrons. The van der Waals surface area contributed by atoms with Gasteiger partial charge in [0.25, 0.3) is 0 Å². The highest BCUT2D eigenvalue weighted by Crippen LogP contribution is 2.28. The molecule has 28 heavy (non-hydrogen) atoms. The van der Waals surface area contributed by atoms with Crippen molar-refractivity contribution in [3.8, 4) is 11.5 Å². The van der Waals surface area contributed by atoms with Crippen LogP contribution in [-0.2, 0) is 14.3 Å². The lowest BCUT2D eigenvalue weighted by atomic mass is 10.2. The average Bonchev–Trinajstić information content (AvgIpc) is 2.70. The molecule has 1 fully saturated rings. The van der Waals surface area contributed by atoms with Gasteiger partial charge in [-0.1, -0.05) is 0 Å². The minimum Gasteiger partial charge on any atom is -0.544 e. The Morgan fingerprint density at radius 2 is 2.04 bits per heavy atom. The Labute approximate surface area is 164 Å². The number of carboxylic acids is 1. The first-order valence-electron chi connectivity index (χ1n) is 9.51. The smallest absolute Gasteiger partial charge is 0.230 e. The molecule has 0 aliphatic carbocycles. The van der Waals surface area contributed by atoms with Crippen molar-refractivity contribution < 1.29 is 39.1 Å². The molecule has 1 heterocycles. The molecule has 1 aliphatic rings. The molecular weight excluding hydrogens is 366 g/mol. The molecule has 0 unspecified atom stereocenters. The first kappa shape index (κ1) is 21.9. The molecular formula is C19H30N3O6+. The van der Waals surface area contributed by atoms with E-state index in [2.05, 4.69) is 5.32 Å². The lowest BCUT2D eigenvalue weighted by Crippen LogP contribution is -3.14. The van der Waals surface area contributed by atoms with Gasteiger partial charge in [-0.15, -0.1) is 0 Å². The fourth-order valence-corrected chi connectivity index (χ4v) is 3.16. The number of rotatable bonds is 11. The zero-order valence-electron chi connectivity index (χ0n) is 16.5. The number of nitrogens with two attached hydrogens (primary N) is 1. The van der Waals surface area contributed by atoms with Crippen molar-refractivity contribution in [3.05, 3.63) is 18.2 Å². The number of hydrogen-bond acceptors (Lipinski definition) is 6. The normalized spacial score (nSPS) is 15.6. The van der Waals surface area contributed by atoms with Crippen LogP contribution < -0.4 is 30.1 Å². The Hall–Kier alpha value is -2.36. The summed E-state index contributed by atoms with van der Waals surface area (Å²) in [6.07, 6.45) is 0.678. The second-order valence-corrected chi connectivity index (χ2v) is 6.73. The zero-order valence-corrected chi connectivity index (χ0v) is 16.5. The molecule has 4 N–H and O–H groups in total. The third-order valence-electron chi connectivity index (χ3n) is 4.77. The Kier molecular flexibility index (Phi) is 8.99. The summed E-state index contributed by atoms with van der Waals surface area (Å²) in [5, 5.41) is 15.8. The van der Waals surface area contributed by atoms with Gasteiger partial charge in [-0.2, -0.15) is 0 Å². The third-order valence-corrected chi connectivity index (χ3v) is 4.77. The number of quaternary nitrogens is 2. The fraction of sp³-hybridized carbons (Fsp3) is 0.579. The van der Waals surface area contributed by atoms with Gasteiger partial charge in [-0.3, -0.25) is 4.79 Å². The highest BCUT2D eigenvalue weighted by atomic mass is 16.5. The van der Waals surface area contributed by atoms with Crippen LogP contribution in [0, 0.1) is 0 Å². The number of amides is 1. The quantitative estimate of drug-likeness (QED) is 0.344. The van der Waals surface area contributed by atoms with Gasteiger partial charge in [0.1, 0.15) is 30.6 Å². The van der Waals surface area contributed by atoms with E-state index in [1.54, 1.807) is 23.5 Å². The van der Waals surface area contributed by atoms with E-state index in [0.717, 1.165) is 39.3 Å². The van der Waals surface area contributed by atoms with E-state index in [4.69, 9.17) is 14.2 Å². The van der Waals surface area contributed by atoms with Crippen molar-refractivity contribution in [2.75, 3.05) is 58.9 Å². The predicted octanol–water partition coefficient (Wildman–Crippen LogP) is -2.98. The van der Waals surface area contributed by atoms with Crippen molar-refractivity contribution in [2.24, 2.45) is 0 Å². The molecule has 0 bridgehead atoms. The van der Waals surface area contributed by atoms with Gasteiger partial charge in [-0.25, -0.2) is 0 Å². The summed E-state index contributed by atoms with van der Waals surface area (Å²) in [6, 6.07) is 4.07. The number of carbonyl (C=O) groups is 2. The maximum absolute atomic E-state index is 12.3. The summed E-state index contributed by atoms with van der Waals surface area (Å²) >= 11 is 0. The van der Waals surface area contributed by atoms with Crippen LogP contribution in [0.2, 0.25) is 0 Å². The standard InChI is InChI=1S/C19H29N3O6/c1-26-14-4-5-17(27-2)15(12-14)21-18(23)13-16(19(24)25)20-6-3-7-22-8-10-28-11-9-22/h4-5,12,16,20H,3,6-11,13H2,1-2H3,(H,21,23)(H,24,25)/p+1/t16-/m0/s1. The highest BCUT2D eigenvalue weighted by molar-refractivity contribution is 5.94. The van der Waals surface area contributed by atoms with Gasteiger partial charge in [0.15, 0.2) is 0 Å². The van der Waals surface area contributed by atoms with E-state index in [1.807, 2.05) is 0 Å². The molecule has 9 heteroatoms. The Morgan fingerprint density at radius 1 is 1.29 bits per heavy atom. The van der Waals surface area contributed by atoms with Crippen LogP contribution in [0.15, 0.2) is 18.2 Å².